The summed E-state index contributed by atoms with van der Waals surface area (Å²) in [6.45, 7) is 1.83. The number of carbonyl (C=O) groups is 1. The number of nitrogens with one attached hydrogen (secondary N) is 1. The van der Waals surface area contributed by atoms with Crippen LogP contribution in [0.3, 0.4) is 0 Å². The summed E-state index contributed by atoms with van der Waals surface area (Å²) < 4.78 is 31.5. The number of alkyl halides is 2. The van der Waals surface area contributed by atoms with Crippen molar-refractivity contribution >= 4 is 17.2 Å². The Morgan fingerprint density at radius 3 is 2.76 bits per heavy atom. The van der Waals surface area contributed by atoms with Gasteiger partial charge in [-0.3, -0.25) is 4.79 Å². The van der Waals surface area contributed by atoms with Crippen molar-refractivity contribution in [3.8, 4) is 10.8 Å². The molecule has 2 aromatic heterocycles. The molecule has 3 N–H and O–H groups in total. The van der Waals surface area contributed by atoms with Crippen LogP contribution in [0.1, 0.15) is 21.1 Å². The fourth-order valence-electron chi connectivity index (χ4n) is 1.62. The standard InChI is InChI=1S/C13H15F2N3O2S/c1-7-3-4-9(20-7)12-18-8(2)10(21-12)11(19)17-6-13(14,15)5-16/h3-4H,5-6,16H2,1-2H3,(H,17,19). The number of rotatable bonds is 5. The van der Waals surface area contributed by atoms with E-state index in [0.717, 1.165) is 17.1 Å². The molecular weight excluding hydrogens is 300 g/mol. The third-order valence-corrected chi connectivity index (χ3v) is 3.93. The van der Waals surface area contributed by atoms with Crippen molar-refractivity contribution in [3.63, 3.8) is 0 Å². The van der Waals surface area contributed by atoms with E-state index in [-0.39, 0.29) is 4.88 Å². The van der Waals surface area contributed by atoms with E-state index < -0.39 is 24.9 Å². The Kier molecular flexibility index (Phi) is 4.38. The normalized spacial score (nSPS) is 11.7. The van der Waals surface area contributed by atoms with Gasteiger partial charge in [0.1, 0.15) is 10.6 Å². The average Bonchev–Trinajstić information content (AvgIpc) is 3.02. The molecule has 0 unspecified atom stereocenters. The van der Waals surface area contributed by atoms with Crippen LogP contribution < -0.4 is 11.1 Å². The predicted molar refractivity (Wildman–Crippen MR) is 75.6 cm³/mol. The molecule has 2 aromatic rings. The van der Waals surface area contributed by atoms with E-state index in [4.69, 9.17) is 10.2 Å². The first kappa shape index (κ1) is 15.6. The topological polar surface area (TPSA) is 81.2 Å². The lowest BCUT2D eigenvalue weighted by Crippen LogP contribution is -2.41. The lowest BCUT2D eigenvalue weighted by Gasteiger charge is -2.13. The molecule has 2 rings (SSSR count). The van der Waals surface area contributed by atoms with Crippen LogP contribution in [0.15, 0.2) is 16.5 Å². The van der Waals surface area contributed by atoms with Gasteiger partial charge in [-0.25, -0.2) is 13.8 Å². The van der Waals surface area contributed by atoms with Crippen LogP contribution in [0.25, 0.3) is 10.8 Å². The molecule has 0 aromatic carbocycles. The Bertz CT molecular complexity index is 652. The number of carbonyl (C=O) groups excluding carboxylic acids is 1. The van der Waals surface area contributed by atoms with E-state index in [2.05, 4.69) is 10.3 Å². The first-order chi connectivity index (χ1) is 9.82. The maximum Gasteiger partial charge on any atom is 0.277 e. The number of nitrogens with two attached hydrogens (primary N) is 1. The molecule has 0 bridgehead atoms. The molecule has 0 aliphatic carbocycles. The van der Waals surface area contributed by atoms with Gasteiger partial charge in [0.2, 0.25) is 0 Å². The van der Waals surface area contributed by atoms with Gasteiger partial charge in [-0.2, -0.15) is 0 Å². The second kappa shape index (κ2) is 5.90. The Hall–Kier alpha value is -1.80. The summed E-state index contributed by atoms with van der Waals surface area (Å²) in [5, 5.41) is 2.71. The van der Waals surface area contributed by atoms with Crippen LogP contribution in [0.4, 0.5) is 8.78 Å². The first-order valence-electron chi connectivity index (χ1n) is 6.23. The Balaban J connectivity index is 2.14. The molecule has 21 heavy (non-hydrogen) atoms. The summed E-state index contributed by atoms with van der Waals surface area (Å²) in [4.78, 5) is 16.4. The molecule has 1 amide bonds. The highest BCUT2D eigenvalue weighted by molar-refractivity contribution is 7.17. The van der Waals surface area contributed by atoms with E-state index in [1.165, 1.54) is 0 Å². The molecule has 5 nitrogen and oxygen atoms in total. The van der Waals surface area contributed by atoms with Crippen molar-refractivity contribution in [1.29, 1.82) is 0 Å². The highest BCUT2D eigenvalue weighted by Gasteiger charge is 2.28. The minimum absolute atomic E-state index is 0.284. The highest BCUT2D eigenvalue weighted by atomic mass is 32.1. The fraction of sp³-hybridized carbons (Fsp3) is 0.385. The van der Waals surface area contributed by atoms with E-state index in [9.17, 15) is 13.6 Å². The molecular formula is C13H15F2N3O2S. The van der Waals surface area contributed by atoms with Gasteiger partial charge in [0.15, 0.2) is 10.8 Å². The summed E-state index contributed by atoms with van der Waals surface area (Å²) in [5.41, 5.74) is 5.39. The number of halogens is 2. The minimum atomic E-state index is -3.12. The number of thiazole rings is 1. The van der Waals surface area contributed by atoms with E-state index in [1.807, 2.05) is 0 Å². The number of aryl methyl sites for hydroxylation is 2. The number of hydrogen-bond donors (Lipinski definition) is 2. The van der Waals surface area contributed by atoms with E-state index >= 15 is 0 Å². The van der Waals surface area contributed by atoms with Crippen molar-refractivity contribution in [2.75, 3.05) is 13.1 Å². The predicted octanol–water partition coefficient (Wildman–Crippen LogP) is 2.34. The maximum atomic E-state index is 13.0. The first-order valence-corrected chi connectivity index (χ1v) is 7.04. The van der Waals surface area contributed by atoms with Crippen molar-refractivity contribution < 1.29 is 18.0 Å². The van der Waals surface area contributed by atoms with Crippen LogP contribution in [-0.4, -0.2) is 29.9 Å². The van der Waals surface area contributed by atoms with Gasteiger partial charge in [0.05, 0.1) is 18.8 Å². The third-order valence-electron chi connectivity index (χ3n) is 2.76. The number of nitrogens with zero attached hydrogens (tertiary/aromatic N) is 1. The van der Waals surface area contributed by atoms with Crippen LogP contribution in [0, 0.1) is 13.8 Å². The molecule has 0 atom stereocenters. The lowest BCUT2D eigenvalue weighted by molar-refractivity contribution is 0.0119. The molecule has 0 saturated heterocycles. The second-order valence-electron chi connectivity index (χ2n) is 4.59. The lowest BCUT2D eigenvalue weighted by atomic mass is 10.3. The van der Waals surface area contributed by atoms with Gasteiger partial charge in [-0.1, -0.05) is 0 Å². The summed E-state index contributed by atoms with van der Waals surface area (Å²) >= 11 is 1.10. The second-order valence-corrected chi connectivity index (χ2v) is 5.59. The summed E-state index contributed by atoms with van der Waals surface area (Å²) in [7, 11) is 0. The van der Waals surface area contributed by atoms with Crippen LogP contribution in [0.5, 0.6) is 0 Å². The fourth-order valence-corrected chi connectivity index (χ4v) is 2.57. The Morgan fingerprint density at radius 1 is 1.48 bits per heavy atom. The molecule has 0 radical (unpaired) electrons. The average molecular weight is 315 g/mol. The van der Waals surface area contributed by atoms with Crippen molar-refractivity contribution in [3.05, 3.63) is 28.5 Å². The van der Waals surface area contributed by atoms with Gasteiger partial charge in [-0.15, -0.1) is 11.3 Å². The van der Waals surface area contributed by atoms with Crippen molar-refractivity contribution in [2.24, 2.45) is 5.73 Å². The Labute approximate surface area is 124 Å². The molecule has 0 saturated carbocycles. The zero-order valence-corrected chi connectivity index (χ0v) is 12.4. The molecule has 8 heteroatoms. The number of furan rings is 1. The van der Waals surface area contributed by atoms with Gasteiger partial charge < -0.3 is 15.5 Å². The SMILES string of the molecule is Cc1ccc(-c2nc(C)c(C(=O)NCC(F)(F)CN)s2)o1. The zero-order valence-electron chi connectivity index (χ0n) is 11.6. The number of amides is 1. The van der Waals surface area contributed by atoms with Gasteiger partial charge >= 0.3 is 0 Å². The van der Waals surface area contributed by atoms with Gasteiger partial charge in [-0.05, 0) is 26.0 Å². The van der Waals surface area contributed by atoms with Crippen molar-refractivity contribution in [2.45, 2.75) is 19.8 Å². The third kappa shape index (κ3) is 3.64. The summed E-state index contributed by atoms with van der Waals surface area (Å²) in [5.74, 6) is -2.43. The molecule has 114 valence electrons. The number of aromatic nitrogens is 1. The maximum absolute atomic E-state index is 13.0. The molecule has 0 aliphatic heterocycles. The molecule has 0 fully saturated rings. The molecule has 0 aliphatic rings. The molecule has 0 spiro atoms. The van der Waals surface area contributed by atoms with Crippen LogP contribution >= 0.6 is 11.3 Å². The zero-order chi connectivity index (χ0) is 15.6. The van der Waals surface area contributed by atoms with Crippen LogP contribution in [0.2, 0.25) is 0 Å². The van der Waals surface area contributed by atoms with E-state index in [0.29, 0.717) is 16.5 Å². The molecule has 2 heterocycles. The quantitative estimate of drug-likeness (QED) is 0.887. The number of hydrogen-bond acceptors (Lipinski definition) is 5. The van der Waals surface area contributed by atoms with E-state index in [1.54, 1.807) is 26.0 Å². The highest BCUT2D eigenvalue weighted by Crippen LogP contribution is 2.29. The van der Waals surface area contributed by atoms with Gasteiger partial charge in [0.25, 0.3) is 11.8 Å². The summed E-state index contributed by atoms with van der Waals surface area (Å²) in [6.07, 6.45) is 0. The monoisotopic (exact) mass is 315 g/mol. The Morgan fingerprint density at radius 2 is 2.19 bits per heavy atom. The summed E-state index contributed by atoms with van der Waals surface area (Å²) in [6, 6.07) is 3.53. The van der Waals surface area contributed by atoms with Crippen LogP contribution in [-0.2, 0) is 0 Å². The minimum Gasteiger partial charge on any atom is -0.459 e. The van der Waals surface area contributed by atoms with Crippen molar-refractivity contribution in [1.82, 2.24) is 10.3 Å². The smallest absolute Gasteiger partial charge is 0.277 e. The largest absolute Gasteiger partial charge is 0.459 e. The van der Waals surface area contributed by atoms with Gasteiger partial charge in [0, 0.05) is 0 Å².